The Balaban J connectivity index is 0.00000187. The fourth-order valence-electron chi connectivity index (χ4n) is 6.29. The van der Waals surface area contributed by atoms with Crippen LogP contribution in [0, 0.1) is 0 Å². The minimum Gasteiger partial charge on any atom is -1.00 e. The first kappa shape index (κ1) is 34.5. The van der Waals surface area contributed by atoms with E-state index in [9.17, 15) is 0 Å². The Bertz CT molecular complexity index is 1340. The maximum atomic E-state index is 2.54. The largest absolute Gasteiger partial charge is 2.00 e. The summed E-state index contributed by atoms with van der Waals surface area (Å²) in [6.45, 7) is 16.2. The van der Waals surface area contributed by atoms with E-state index in [2.05, 4.69) is 146 Å². The normalized spacial score (nSPS) is 15.8. The minimum absolute atomic E-state index is 0. The van der Waals surface area contributed by atoms with E-state index in [0.717, 1.165) is 12.8 Å². The monoisotopic (exact) mass is 646 g/mol. The number of hydrogen-bond acceptors (Lipinski definition) is 0. The van der Waals surface area contributed by atoms with Crippen molar-refractivity contribution in [2.75, 3.05) is 0 Å². The Morgan fingerprint density at radius 1 is 0.725 bits per heavy atom. The summed E-state index contributed by atoms with van der Waals surface area (Å²) in [5.74, 6) is 0.207. The van der Waals surface area contributed by atoms with E-state index in [0.29, 0.717) is 0 Å². The van der Waals surface area contributed by atoms with Crippen molar-refractivity contribution in [2.24, 2.45) is 0 Å². The zero-order chi connectivity index (χ0) is 26.4. The van der Waals surface area contributed by atoms with Gasteiger partial charge in [-0.15, -0.1) is 0 Å². The van der Waals surface area contributed by atoms with Crippen LogP contribution >= 0.6 is 0 Å². The summed E-state index contributed by atoms with van der Waals surface area (Å²) >= 11 is 0. The van der Waals surface area contributed by atoms with E-state index < -0.39 is 0 Å². The first-order chi connectivity index (χ1) is 17.6. The van der Waals surface area contributed by atoms with Crippen molar-refractivity contribution in [3.63, 3.8) is 0 Å². The molecule has 5 rings (SSSR count). The van der Waals surface area contributed by atoms with Gasteiger partial charge < -0.3 is 24.8 Å². The molecule has 1 atom stereocenters. The van der Waals surface area contributed by atoms with E-state index >= 15 is 0 Å². The van der Waals surface area contributed by atoms with E-state index in [1.807, 2.05) is 0 Å². The van der Waals surface area contributed by atoms with E-state index in [1.54, 1.807) is 0 Å². The topological polar surface area (TPSA) is 0 Å². The quantitative estimate of drug-likeness (QED) is 0.365. The summed E-state index contributed by atoms with van der Waals surface area (Å²) in [6.07, 6.45) is 13.9. The first-order valence-corrected chi connectivity index (χ1v) is 14.0. The van der Waals surface area contributed by atoms with Crippen LogP contribution in [0.2, 0.25) is 0 Å². The number of allylic oxidation sites excluding steroid dienone is 6. The average Bonchev–Trinajstić information content (AvgIpc) is 3.51. The van der Waals surface area contributed by atoms with Gasteiger partial charge in [-0.1, -0.05) is 151 Å². The SMILES string of the molecule is CCC=CC(C1=CC=CC1)(c1ccccc1)C1c2cc(C(C)(C)C)ccc2-c2ccc(C(C)(C)C)cc21.[Cl-].[Cl-].[Zr+2]. The Kier molecular flexibility index (Phi) is 11.3. The van der Waals surface area contributed by atoms with Gasteiger partial charge in [-0.05, 0) is 62.6 Å². The molecule has 1 unspecified atom stereocenters. The number of benzene rings is 3. The van der Waals surface area contributed by atoms with E-state index in [1.165, 1.54) is 44.5 Å². The van der Waals surface area contributed by atoms with Crippen molar-refractivity contribution in [1.82, 2.24) is 0 Å². The molecule has 0 spiro atoms. The first-order valence-electron chi connectivity index (χ1n) is 14.0. The standard InChI is InChI=1S/C37H42.2ClH.Zr/c1-8-9-23-37(27-17-13-14-18-27,26-15-11-10-12-16-26)34-32-24-28(35(2,3)4)19-21-30(32)31-22-20-29(25-33(31)34)36(5,6)7;;;/h9-17,19-25,34H,8,18H2,1-7H3;2*1H;/q;;;+2/p-2. The third-order valence-corrected chi connectivity index (χ3v) is 8.37. The van der Waals surface area contributed by atoms with Gasteiger partial charge >= 0.3 is 26.2 Å². The third kappa shape index (κ3) is 6.09. The molecule has 0 saturated carbocycles. The van der Waals surface area contributed by atoms with Crippen molar-refractivity contribution in [2.45, 2.75) is 83.5 Å². The van der Waals surface area contributed by atoms with Crippen molar-refractivity contribution < 1.29 is 51.0 Å². The second-order valence-electron chi connectivity index (χ2n) is 12.9. The molecule has 2 aliphatic rings. The summed E-state index contributed by atoms with van der Waals surface area (Å²) in [5.41, 5.74) is 11.3. The zero-order valence-corrected chi connectivity index (χ0v) is 29.0. The van der Waals surface area contributed by atoms with E-state index in [-0.39, 0.29) is 73.2 Å². The molecule has 0 radical (unpaired) electrons. The Morgan fingerprint density at radius 3 is 1.68 bits per heavy atom. The molecule has 0 fully saturated rings. The second kappa shape index (κ2) is 13.1. The van der Waals surface area contributed by atoms with Gasteiger partial charge in [0.2, 0.25) is 0 Å². The molecule has 3 heteroatoms. The molecule has 0 nitrogen and oxygen atoms in total. The third-order valence-electron chi connectivity index (χ3n) is 8.37. The van der Waals surface area contributed by atoms with Gasteiger partial charge in [0.15, 0.2) is 0 Å². The fraction of sp³-hybridized carbons (Fsp3) is 0.351. The van der Waals surface area contributed by atoms with Crippen LogP contribution in [0.4, 0.5) is 0 Å². The van der Waals surface area contributed by atoms with Gasteiger partial charge in [-0.2, -0.15) is 0 Å². The number of hydrogen-bond donors (Lipinski definition) is 0. The Morgan fingerprint density at radius 2 is 1.25 bits per heavy atom. The maximum absolute atomic E-state index is 2.54. The van der Waals surface area contributed by atoms with Crippen molar-refractivity contribution >= 4 is 0 Å². The molecule has 0 aromatic heterocycles. The van der Waals surface area contributed by atoms with Crippen molar-refractivity contribution in [1.29, 1.82) is 0 Å². The van der Waals surface area contributed by atoms with Crippen LogP contribution in [0.25, 0.3) is 11.1 Å². The number of rotatable bonds is 5. The van der Waals surface area contributed by atoms with Gasteiger partial charge in [-0.25, -0.2) is 0 Å². The van der Waals surface area contributed by atoms with Gasteiger partial charge in [0.05, 0.1) is 0 Å². The molecule has 0 N–H and O–H groups in total. The van der Waals surface area contributed by atoms with Gasteiger partial charge in [-0.3, -0.25) is 0 Å². The van der Waals surface area contributed by atoms with Crippen LogP contribution in [-0.2, 0) is 42.4 Å². The minimum atomic E-state index is -0.256. The summed E-state index contributed by atoms with van der Waals surface area (Å²) in [4.78, 5) is 0. The van der Waals surface area contributed by atoms with Gasteiger partial charge in [0.25, 0.3) is 0 Å². The number of halogens is 2. The summed E-state index contributed by atoms with van der Waals surface area (Å²) < 4.78 is 0. The van der Waals surface area contributed by atoms with Crippen LogP contribution in [0.5, 0.6) is 0 Å². The molecule has 0 heterocycles. The number of fused-ring (bicyclic) bond motifs is 3. The molecule has 0 bridgehead atoms. The fourth-order valence-corrected chi connectivity index (χ4v) is 6.29. The van der Waals surface area contributed by atoms with Gasteiger partial charge in [0.1, 0.15) is 0 Å². The van der Waals surface area contributed by atoms with E-state index in [4.69, 9.17) is 0 Å². The predicted octanol–water partition coefficient (Wildman–Crippen LogP) is 4.19. The summed E-state index contributed by atoms with van der Waals surface area (Å²) in [5, 5.41) is 0. The molecule has 40 heavy (non-hydrogen) atoms. The average molecular weight is 649 g/mol. The molecule has 3 aromatic carbocycles. The molecule has 0 aliphatic heterocycles. The Hall–Kier alpha value is -1.66. The van der Waals surface area contributed by atoms with Crippen molar-refractivity contribution in [3.8, 4) is 11.1 Å². The summed E-state index contributed by atoms with van der Waals surface area (Å²) in [6, 6.07) is 25.8. The van der Waals surface area contributed by atoms with Crippen LogP contribution < -0.4 is 24.8 Å². The van der Waals surface area contributed by atoms with Crippen molar-refractivity contribution in [3.05, 3.63) is 131 Å². The molecular formula is C37H42Cl2Zr. The predicted molar refractivity (Wildman–Crippen MR) is 161 cm³/mol. The van der Waals surface area contributed by atoms with Crippen LogP contribution in [0.3, 0.4) is 0 Å². The molecule has 3 aromatic rings. The molecule has 208 valence electrons. The van der Waals surface area contributed by atoms with Crippen LogP contribution in [0.1, 0.15) is 95.0 Å². The molecule has 0 saturated heterocycles. The maximum Gasteiger partial charge on any atom is 2.00 e. The second-order valence-corrected chi connectivity index (χ2v) is 12.9. The smallest absolute Gasteiger partial charge is 1.00 e. The van der Waals surface area contributed by atoms with Crippen LogP contribution in [-0.4, -0.2) is 0 Å². The zero-order valence-electron chi connectivity index (χ0n) is 25.0. The summed E-state index contributed by atoms with van der Waals surface area (Å²) in [7, 11) is 0. The molecule has 2 aliphatic carbocycles. The Labute approximate surface area is 274 Å². The molecular weight excluding hydrogens is 607 g/mol. The van der Waals surface area contributed by atoms with Crippen LogP contribution in [0.15, 0.2) is 103 Å². The van der Waals surface area contributed by atoms with Gasteiger partial charge in [0, 0.05) is 11.3 Å². The molecule has 0 amide bonds.